The molecule has 7 nitrogen and oxygen atoms in total. The van der Waals surface area contributed by atoms with Gasteiger partial charge in [-0.25, -0.2) is 23.1 Å². The minimum Gasteiger partial charge on any atom is -0.383 e. The fourth-order valence-corrected chi connectivity index (χ4v) is 2.72. The molecule has 0 unspecified atom stereocenters. The number of nitrogen functional groups attached to an aromatic ring is 1. The molecule has 90 valence electrons. The van der Waals surface area contributed by atoms with Gasteiger partial charge in [-0.2, -0.15) is 0 Å². The van der Waals surface area contributed by atoms with Crippen LogP contribution in [-0.4, -0.2) is 23.4 Å². The average Bonchev–Trinajstić information content (AvgIpc) is 2.73. The number of pyridine rings is 1. The summed E-state index contributed by atoms with van der Waals surface area (Å²) in [6, 6.07) is 1.37. The van der Waals surface area contributed by atoms with Crippen molar-refractivity contribution in [2.75, 3.05) is 10.5 Å². The highest BCUT2D eigenvalue weighted by Gasteiger charge is 2.19. The monoisotopic (exact) mass is 317 g/mol. The molecule has 0 saturated carbocycles. The number of rotatable bonds is 3. The van der Waals surface area contributed by atoms with Crippen LogP contribution in [0.4, 0.5) is 11.8 Å². The highest BCUT2D eigenvalue weighted by Crippen LogP contribution is 2.21. The van der Waals surface area contributed by atoms with Crippen LogP contribution in [0.1, 0.15) is 0 Å². The van der Waals surface area contributed by atoms with E-state index in [0.717, 1.165) is 0 Å². The molecule has 2 heterocycles. The molecule has 17 heavy (non-hydrogen) atoms. The van der Waals surface area contributed by atoms with E-state index in [0.29, 0.717) is 4.47 Å². The molecule has 2 aromatic heterocycles. The Morgan fingerprint density at radius 2 is 2.18 bits per heavy atom. The Morgan fingerprint density at radius 3 is 2.82 bits per heavy atom. The van der Waals surface area contributed by atoms with Crippen LogP contribution in [0.5, 0.6) is 0 Å². The van der Waals surface area contributed by atoms with E-state index in [9.17, 15) is 8.42 Å². The number of H-pyrrole nitrogens is 1. The minimum atomic E-state index is -3.80. The Morgan fingerprint density at radius 1 is 1.41 bits per heavy atom. The summed E-state index contributed by atoms with van der Waals surface area (Å²) in [7, 11) is -3.80. The fourth-order valence-electron chi connectivity index (χ4n) is 1.15. The number of nitrogens with one attached hydrogen (secondary N) is 2. The van der Waals surface area contributed by atoms with E-state index in [1.165, 1.54) is 24.7 Å². The van der Waals surface area contributed by atoms with Gasteiger partial charge in [-0.1, -0.05) is 0 Å². The Kier molecular flexibility index (Phi) is 3.03. The molecule has 0 aliphatic heterocycles. The van der Waals surface area contributed by atoms with Crippen molar-refractivity contribution in [2.24, 2.45) is 0 Å². The first-order valence-corrected chi connectivity index (χ1v) is 6.70. The zero-order valence-electron chi connectivity index (χ0n) is 8.38. The number of sulfonamides is 1. The molecule has 0 atom stereocenters. The molecular weight excluding hydrogens is 310 g/mol. The molecule has 0 spiro atoms. The van der Waals surface area contributed by atoms with Crippen LogP contribution in [-0.2, 0) is 10.0 Å². The summed E-state index contributed by atoms with van der Waals surface area (Å²) in [4.78, 5) is 10.0. The van der Waals surface area contributed by atoms with Gasteiger partial charge in [0, 0.05) is 23.1 Å². The lowest BCUT2D eigenvalue weighted by atomic mass is 10.5. The summed E-state index contributed by atoms with van der Waals surface area (Å²) < 4.78 is 26.7. The second-order valence-electron chi connectivity index (χ2n) is 3.08. The molecule has 2 rings (SSSR count). The number of hydrogen-bond donors (Lipinski definition) is 3. The summed E-state index contributed by atoms with van der Waals surface area (Å²) in [6.45, 7) is 0. The van der Waals surface area contributed by atoms with Gasteiger partial charge in [0.2, 0.25) is 5.95 Å². The van der Waals surface area contributed by atoms with E-state index in [4.69, 9.17) is 5.73 Å². The van der Waals surface area contributed by atoms with Gasteiger partial charge in [0.15, 0.2) is 0 Å². The quantitative estimate of drug-likeness (QED) is 0.779. The molecule has 0 aliphatic carbocycles. The maximum atomic E-state index is 12.0. The van der Waals surface area contributed by atoms with Crippen LogP contribution in [0.2, 0.25) is 0 Å². The van der Waals surface area contributed by atoms with Crippen molar-refractivity contribution in [2.45, 2.75) is 4.90 Å². The molecule has 0 radical (unpaired) electrons. The van der Waals surface area contributed by atoms with Crippen LogP contribution >= 0.6 is 15.9 Å². The zero-order valence-corrected chi connectivity index (χ0v) is 10.8. The first kappa shape index (κ1) is 11.9. The number of nitrogens with zero attached hydrogens (tertiary/aromatic N) is 2. The Hall–Kier alpha value is -1.61. The molecular formula is C8H8BrN5O2S. The first-order chi connectivity index (χ1) is 7.99. The van der Waals surface area contributed by atoms with Crippen molar-refractivity contribution in [3.05, 3.63) is 29.1 Å². The number of aromatic nitrogens is 3. The van der Waals surface area contributed by atoms with Crippen molar-refractivity contribution in [3.8, 4) is 0 Å². The van der Waals surface area contributed by atoms with Gasteiger partial charge in [0.05, 0.1) is 0 Å². The normalized spacial score (nSPS) is 11.4. The average molecular weight is 318 g/mol. The predicted octanol–water partition coefficient (Wildman–Crippen LogP) is 0.950. The van der Waals surface area contributed by atoms with Crippen LogP contribution in [0.25, 0.3) is 0 Å². The molecule has 0 amide bonds. The molecule has 0 fully saturated rings. The largest absolute Gasteiger partial charge is 0.383 e. The fraction of sp³-hybridized carbons (Fsp3) is 0. The lowest BCUT2D eigenvalue weighted by molar-refractivity contribution is 0.601. The minimum absolute atomic E-state index is 0.0766. The summed E-state index contributed by atoms with van der Waals surface area (Å²) in [5.74, 6) is 0.0385. The Labute approximate surface area is 106 Å². The van der Waals surface area contributed by atoms with Crippen molar-refractivity contribution in [1.82, 2.24) is 15.0 Å². The van der Waals surface area contributed by atoms with Gasteiger partial charge < -0.3 is 10.7 Å². The second-order valence-corrected chi connectivity index (χ2v) is 5.65. The molecule has 0 aliphatic rings. The number of anilines is 2. The Balaban J connectivity index is 2.41. The van der Waals surface area contributed by atoms with E-state index in [1.807, 2.05) is 0 Å². The van der Waals surface area contributed by atoms with Gasteiger partial charge >= 0.3 is 0 Å². The van der Waals surface area contributed by atoms with Gasteiger partial charge in [0.25, 0.3) is 10.0 Å². The lowest BCUT2D eigenvalue weighted by Gasteiger charge is -2.07. The Bertz CT molecular complexity index is 625. The number of halogens is 1. The van der Waals surface area contributed by atoms with E-state index in [-0.39, 0.29) is 16.7 Å². The summed E-state index contributed by atoms with van der Waals surface area (Å²) in [6.07, 6.45) is 4.35. The van der Waals surface area contributed by atoms with Crippen molar-refractivity contribution in [1.29, 1.82) is 0 Å². The van der Waals surface area contributed by atoms with Gasteiger partial charge in [-0.3, -0.25) is 0 Å². The molecule has 0 bridgehead atoms. The summed E-state index contributed by atoms with van der Waals surface area (Å²) >= 11 is 3.13. The van der Waals surface area contributed by atoms with Crippen molar-refractivity contribution in [3.63, 3.8) is 0 Å². The molecule has 2 aromatic rings. The van der Waals surface area contributed by atoms with Gasteiger partial charge in [-0.15, -0.1) is 0 Å². The van der Waals surface area contributed by atoms with E-state index in [1.54, 1.807) is 0 Å². The van der Waals surface area contributed by atoms with E-state index < -0.39 is 10.0 Å². The molecule has 4 N–H and O–H groups in total. The zero-order chi connectivity index (χ0) is 12.5. The van der Waals surface area contributed by atoms with Gasteiger partial charge in [-0.05, 0) is 22.0 Å². The maximum Gasteiger partial charge on any atom is 0.267 e. The topological polar surface area (TPSA) is 114 Å². The third kappa shape index (κ3) is 2.56. The number of nitrogens with two attached hydrogens (primary N) is 1. The standard InChI is InChI=1S/C8H8BrN5O2S/c9-5-3-6(7(10)13-4-5)17(15,16)14-8-11-1-2-12-8/h1-4H,(H2,10,13)(H2,11,12,14). The van der Waals surface area contributed by atoms with Crippen LogP contribution in [0, 0.1) is 0 Å². The third-order valence-corrected chi connectivity index (χ3v) is 3.67. The molecule has 0 aromatic carbocycles. The highest BCUT2D eigenvalue weighted by atomic mass is 79.9. The lowest BCUT2D eigenvalue weighted by Crippen LogP contribution is -2.16. The van der Waals surface area contributed by atoms with E-state index in [2.05, 4.69) is 35.6 Å². The summed E-state index contributed by atoms with van der Waals surface area (Å²) in [5.41, 5.74) is 5.52. The van der Waals surface area contributed by atoms with Crippen molar-refractivity contribution >= 4 is 37.7 Å². The first-order valence-electron chi connectivity index (χ1n) is 4.42. The molecule has 9 heteroatoms. The SMILES string of the molecule is Nc1ncc(Br)cc1S(=O)(=O)Nc1ncc[nH]1. The van der Waals surface area contributed by atoms with Crippen LogP contribution in [0.3, 0.4) is 0 Å². The predicted molar refractivity (Wildman–Crippen MR) is 65.7 cm³/mol. The van der Waals surface area contributed by atoms with Crippen LogP contribution < -0.4 is 10.5 Å². The highest BCUT2D eigenvalue weighted by molar-refractivity contribution is 9.10. The number of hydrogen-bond acceptors (Lipinski definition) is 5. The smallest absolute Gasteiger partial charge is 0.267 e. The number of aromatic amines is 1. The van der Waals surface area contributed by atoms with Crippen molar-refractivity contribution < 1.29 is 8.42 Å². The molecule has 0 saturated heterocycles. The summed E-state index contributed by atoms with van der Waals surface area (Å²) in [5, 5.41) is 0. The third-order valence-electron chi connectivity index (χ3n) is 1.87. The van der Waals surface area contributed by atoms with Crippen LogP contribution in [0.15, 0.2) is 34.0 Å². The van der Waals surface area contributed by atoms with Gasteiger partial charge in [0.1, 0.15) is 10.7 Å². The maximum absolute atomic E-state index is 12.0. The number of imidazole rings is 1. The second kappa shape index (κ2) is 4.34. The van der Waals surface area contributed by atoms with E-state index >= 15 is 0 Å².